The second-order valence-electron chi connectivity index (χ2n) is 7.39. The van der Waals surface area contributed by atoms with Gasteiger partial charge in [-0.1, -0.05) is 50.2 Å². The lowest BCUT2D eigenvalue weighted by Gasteiger charge is -2.31. The predicted molar refractivity (Wildman–Crippen MR) is 105 cm³/mol. The van der Waals surface area contributed by atoms with Gasteiger partial charge in [-0.25, -0.2) is 4.79 Å². The van der Waals surface area contributed by atoms with Crippen molar-refractivity contribution in [1.29, 1.82) is 0 Å². The molecule has 2 N–H and O–H groups in total. The number of methoxy groups -OCH3 is 1. The highest BCUT2D eigenvalue weighted by Crippen LogP contribution is 2.17. The van der Waals surface area contributed by atoms with E-state index in [4.69, 9.17) is 4.74 Å². The van der Waals surface area contributed by atoms with E-state index in [-0.39, 0.29) is 24.5 Å². The molecule has 1 unspecified atom stereocenters. The van der Waals surface area contributed by atoms with Crippen molar-refractivity contribution < 1.29 is 19.2 Å². The molecule has 0 aliphatic carbocycles. The van der Waals surface area contributed by atoms with E-state index in [0.29, 0.717) is 18.9 Å². The van der Waals surface area contributed by atoms with E-state index in [2.05, 4.69) is 25.2 Å². The molecular weight excluding hydrogens is 340 g/mol. The fourth-order valence-electron chi connectivity index (χ4n) is 3.60. The van der Waals surface area contributed by atoms with Gasteiger partial charge in [0.2, 0.25) is 0 Å². The van der Waals surface area contributed by atoms with Crippen LogP contribution in [0.5, 0.6) is 0 Å². The van der Waals surface area contributed by atoms with Gasteiger partial charge in [-0.15, -0.1) is 0 Å². The van der Waals surface area contributed by atoms with E-state index in [0.717, 1.165) is 16.2 Å². The van der Waals surface area contributed by atoms with E-state index >= 15 is 0 Å². The number of esters is 1. The molecular formula is C22H27N2O3+. The molecule has 2 aromatic carbocycles. The van der Waals surface area contributed by atoms with Gasteiger partial charge in [-0.2, -0.15) is 0 Å². The number of hydrogen-bond donors (Lipinski definition) is 2. The minimum absolute atomic E-state index is 0.101. The summed E-state index contributed by atoms with van der Waals surface area (Å²) in [4.78, 5) is 25.8. The Balaban J connectivity index is 1.70. The van der Waals surface area contributed by atoms with Crippen molar-refractivity contribution in [3.05, 3.63) is 65.2 Å². The minimum atomic E-state index is -0.362. The average molecular weight is 367 g/mol. The molecule has 5 heteroatoms. The Labute approximate surface area is 160 Å². The Kier molecular flexibility index (Phi) is 5.91. The number of amides is 1. The zero-order valence-electron chi connectivity index (χ0n) is 16.1. The van der Waals surface area contributed by atoms with Crippen LogP contribution in [0.1, 0.15) is 36.5 Å². The van der Waals surface area contributed by atoms with Crippen LogP contribution in [-0.2, 0) is 27.3 Å². The molecule has 0 saturated carbocycles. The van der Waals surface area contributed by atoms with Gasteiger partial charge < -0.3 is 15.0 Å². The predicted octanol–water partition coefficient (Wildman–Crippen LogP) is 1.93. The highest BCUT2D eigenvalue weighted by atomic mass is 16.5. The Hall–Kier alpha value is -2.66. The summed E-state index contributed by atoms with van der Waals surface area (Å²) in [7, 11) is 1.40. The van der Waals surface area contributed by atoms with Crippen molar-refractivity contribution in [3.63, 3.8) is 0 Å². The van der Waals surface area contributed by atoms with Crippen molar-refractivity contribution in [2.75, 3.05) is 19.0 Å². The Morgan fingerprint density at radius 3 is 2.41 bits per heavy atom. The highest BCUT2D eigenvalue weighted by Gasteiger charge is 2.37. The molecule has 1 aliphatic heterocycles. The zero-order chi connectivity index (χ0) is 19.4. The average Bonchev–Trinajstić information content (AvgIpc) is 2.67. The number of ether oxygens (including phenoxy) is 1. The molecule has 1 aliphatic rings. The standard InChI is InChI=1S/C22H26N2O3/c1-15(2)16-8-10-19(11-9-16)23-21(25)14-24-13-18-7-5-4-6-17(18)12-20(24)22(26)27-3/h4-11,15,20H,12-14H2,1-3H3,(H,23,25)/p+1/t20-/m1/s1. The summed E-state index contributed by atoms with van der Waals surface area (Å²) in [6.07, 6.45) is 0.592. The first-order chi connectivity index (χ1) is 13.0. The first kappa shape index (κ1) is 19.1. The van der Waals surface area contributed by atoms with Crippen LogP contribution in [0.4, 0.5) is 5.69 Å². The Morgan fingerprint density at radius 1 is 1.11 bits per heavy atom. The summed E-state index contributed by atoms with van der Waals surface area (Å²) >= 11 is 0. The topological polar surface area (TPSA) is 59.8 Å². The fraction of sp³-hybridized carbons (Fsp3) is 0.364. The van der Waals surface area contributed by atoms with Crippen LogP contribution >= 0.6 is 0 Å². The van der Waals surface area contributed by atoms with Gasteiger partial charge in [0.15, 0.2) is 12.6 Å². The molecule has 0 bridgehead atoms. The van der Waals surface area contributed by atoms with Gasteiger partial charge in [-0.3, -0.25) is 4.79 Å². The maximum Gasteiger partial charge on any atom is 0.365 e. The van der Waals surface area contributed by atoms with E-state index < -0.39 is 0 Å². The number of fused-ring (bicyclic) bond motifs is 1. The summed E-state index contributed by atoms with van der Waals surface area (Å²) in [5.41, 5.74) is 4.34. The molecule has 0 saturated heterocycles. The summed E-state index contributed by atoms with van der Waals surface area (Å²) < 4.78 is 4.98. The van der Waals surface area contributed by atoms with Crippen LogP contribution < -0.4 is 10.2 Å². The quantitative estimate of drug-likeness (QED) is 0.794. The molecule has 2 aromatic rings. The lowest BCUT2D eigenvalue weighted by molar-refractivity contribution is -0.924. The number of nitrogens with one attached hydrogen (secondary N) is 2. The van der Waals surface area contributed by atoms with Crippen molar-refractivity contribution >= 4 is 17.6 Å². The summed E-state index contributed by atoms with van der Waals surface area (Å²) in [5.74, 6) is 0.0811. The molecule has 0 spiro atoms. The van der Waals surface area contributed by atoms with Gasteiger partial charge >= 0.3 is 5.97 Å². The summed E-state index contributed by atoms with van der Waals surface area (Å²) in [5, 5.41) is 2.94. The van der Waals surface area contributed by atoms with Gasteiger partial charge in [0, 0.05) is 17.7 Å². The lowest BCUT2D eigenvalue weighted by atomic mass is 9.94. The molecule has 5 nitrogen and oxygen atoms in total. The molecule has 142 valence electrons. The monoisotopic (exact) mass is 367 g/mol. The molecule has 3 rings (SSSR count). The highest BCUT2D eigenvalue weighted by molar-refractivity contribution is 5.91. The molecule has 0 radical (unpaired) electrons. The smallest absolute Gasteiger partial charge is 0.365 e. The van der Waals surface area contributed by atoms with Crippen LogP contribution in [-0.4, -0.2) is 31.6 Å². The van der Waals surface area contributed by atoms with E-state index in [1.54, 1.807) is 0 Å². The third kappa shape index (κ3) is 4.55. The zero-order valence-corrected chi connectivity index (χ0v) is 16.1. The molecule has 2 atom stereocenters. The van der Waals surface area contributed by atoms with Crippen molar-refractivity contribution in [2.24, 2.45) is 0 Å². The number of rotatable bonds is 5. The maximum absolute atomic E-state index is 12.6. The van der Waals surface area contributed by atoms with Crippen molar-refractivity contribution in [3.8, 4) is 0 Å². The number of carbonyl (C=O) groups excluding carboxylic acids is 2. The minimum Gasteiger partial charge on any atom is -0.465 e. The second kappa shape index (κ2) is 8.35. The summed E-state index contributed by atoms with van der Waals surface area (Å²) in [6.45, 7) is 5.13. The molecule has 0 aromatic heterocycles. The van der Waals surface area contributed by atoms with Crippen LogP contribution in [0.3, 0.4) is 0 Å². The van der Waals surface area contributed by atoms with E-state index in [1.165, 1.54) is 18.2 Å². The Bertz CT molecular complexity index is 815. The lowest BCUT2D eigenvalue weighted by Crippen LogP contribution is -3.17. The number of anilines is 1. The normalized spacial score (nSPS) is 18.7. The van der Waals surface area contributed by atoms with Crippen LogP contribution in [0.25, 0.3) is 0 Å². The largest absolute Gasteiger partial charge is 0.465 e. The number of hydrogen-bond acceptors (Lipinski definition) is 3. The molecule has 0 fully saturated rings. The van der Waals surface area contributed by atoms with Crippen molar-refractivity contribution in [1.82, 2.24) is 0 Å². The van der Waals surface area contributed by atoms with Gasteiger partial charge in [0.25, 0.3) is 5.91 Å². The van der Waals surface area contributed by atoms with E-state index in [9.17, 15) is 9.59 Å². The molecule has 1 amide bonds. The molecule has 1 heterocycles. The van der Waals surface area contributed by atoms with Gasteiger partial charge in [0.05, 0.1) is 7.11 Å². The number of carbonyl (C=O) groups is 2. The van der Waals surface area contributed by atoms with Crippen LogP contribution in [0.2, 0.25) is 0 Å². The Morgan fingerprint density at radius 2 is 1.78 bits per heavy atom. The summed E-state index contributed by atoms with van der Waals surface area (Å²) in [6, 6.07) is 15.6. The second-order valence-corrected chi connectivity index (χ2v) is 7.39. The SMILES string of the molecule is COC(=O)[C@H]1Cc2ccccc2C[NH+]1CC(=O)Nc1ccc(C(C)C)cc1. The number of quaternary nitrogens is 1. The van der Waals surface area contributed by atoms with Crippen LogP contribution in [0, 0.1) is 0 Å². The first-order valence-electron chi connectivity index (χ1n) is 9.37. The third-order valence-electron chi connectivity index (χ3n) is 5.19. The van der Waals surface area contributed by atoms with Crippen molar-refractivity contribution in [2.45, 2.75) is 38.8 Å². The first-order valence-corrected chi connectivity index (χ1v) is 9.37. The van der Waals surface area contributed by atoms with Gasteiger partial charge in [-0.05, 0) is 29.2 Å². The maximum atomic E-state index is 12.6. The van der Waals surface area contributed by atoms with Gasteiger partial charge in [0.1, 0.15) is 6.54 Å². The molecule has 27 heavy (non-hydrogen) atoms. The fourth-order valence-corrected chi connectivity index (χ4v) is 3.60. The van der Waals surface area contributed by atoms with Crippen LogP contribution in [0.15, 0.2) is 48.5 Å². The van der Waals surface area contributed by atoms with E-state index in [1.807, 2.05) is 42.5 Å². The number of benzene rings is 2. The third-order valence-corrected chi connectivity index (χ3v) is 5.19.